The Kier molecular flexibility index (Phi) is 7.74. The first-order valence-corrected chi connectivity index (χ1v) is 12.9. The van der Waals surface area contributed by atoms with Gasteiger partial charge < -0.3 is 15.5 Å². The molecule has 0 aromatic heterocycles. The number of aryl methyl sites for hydroxylation is 1. The van der Waals surface area contributed by atoms with Gasteiger partial charge in [-0.25, -0.2) is 4.79 Å². The van der Waals surface area contributed by atoms with Crippen molar-refractivity contribution in [3.63, 3.8) is 0 Å². The van der Waals surface area contributed by atoms with Crippen LogP contribution < -0.4 is 10.6 Å². The lowest BCUT2D eigenvalue weighted by molar-refractivity contribution is -0.140. The molecular weight excluding hydrogens is 446 g/mol. The Bertz CT molecular complexity index is 964. The highest BCUT2D eigenvalue weighted by atomic mass is 16.2. The monoisotopic (exact) mass is 483 g/mol. The predicted octanol–water partition coefficient (Wildman–Crippen LogP) is 2.22. The van der Waals surface area contributed by atoms with E-state index >= 15 is 0 Å². The first-order valence-electron chi connectivity index (χ1n) is 12.9. The fourth-order valence-corrected chi connectivity index (χ4v) is 5.47. The molecule has 3 fully saturated rings. The standard InChI is InChI=1S/C26H37N5O4/c1-3-19-9-11-26(12-10-19)24(34)31(25(35)28-26)18-23(33)30-15-13-29(14-16-30)17-22(32)27-21-8-6-5-7-20(21)4-2/h5-8,19H,3-4,9-18H2,1-2H3,(H,27,32)(H,28,35). The average molecular weight is 484 g/mol. The van der Waals surface area contributed by atoms with Crippen molar-refractivity contribution in [1.82, 2.24) is 20.0 Å². The molecule has 3 aliphatic rings. The van der Waals surface area contributed by atoms with Gasteiger partial charge in [0.15, 0.2) is 0 Å². The molecule has 0 radical (unpaired) electrons. The normalized spacial score (nSPS) is 25.1. The Balaban J connectivity index is 1.24. The summed E-state index contributed by atoms with van der Waals surface area (Å²) in [4.78, 5) is 55.9. The molecule has 5 amide bonds. The first kappa shape index (κ1) is 25.2. The number of nitrogens with one attached hydrogen (secondary N) is 2. The topological polar surface area (TPSA) is 102 Å². The van der Waals surface area contributed by atoms with Crippen molar-refractivity contribution in [1.29, 1.82) is 0 Å². The lowest BCUT2D eigenvalue weighted by Crippen LogP contribution is -2.53. The maximum atomic E-state index is 13.1. The van der Waals surface area contributed by atoms with Crippen LogP contribution in [-0.2, 0) is 20.8 Å². The van der Waals surface area contributed by atoms with Gasteiger partial charge in [-0.1, -0.05) is 38.5 Å². The zero-order valence-electron chi connectivity index (χ0n) is 20.8. The number of rotatable bonds is 7. The SMILES string of the molecule is CCc1ccccc1NC(=O)CN1CCN(C(=O)CN2C(=O)NC3(CCC(CC)CC3)C2=O)CC1. The van der Waals surface area contributed by atoms with Crippen molar-refractivity contribution in [2.24, 2.45) is 5.92 Å². The highest BCUT2D eigenvalue weighted by Crippen LogP contribution is 2.37. The minimum Gasteiger partial charge on any atom is -0.339 e. The van der Waals surface area contributed by atoms with Crippen LogP contribution >= 0.6 is 0 Å². The van der Waals surface area contributed by atoms with Gasteiger partial charge in [0.05, 0.1) is 6.54 Å². The summed E-state index contributed by atoms with van der Waals surface area (Å²) in [5.74, 6) is 0.0377. The number of carbonyl (C=O) groups is 4. The molecule has 1 aliphatic carbocycles. The van der Waals surface area contributed by atoms with E-state index < -0.39 is 11.6 Å². The summed E-state index contributed by atoms with van der Waals surface area (Å²) in [6.07, 6.45) is 5.05. The third-order valence-corrected chi connectivity index (χ3v) is 7.84. The first-order chi connectivity index (χ1) is 16.8. The van der Waals surface area contributed by atoms with Crippen molar-refractivity contribution in [2.75, 3.05) is 44.6 Å². The van der Waals surface area contributed by atoms with Crippen molar-refractivity contribution >= 4 is 29.4 Å². The number of amides is 5. The number of hydrogen-bond acceptors (Lipinski definition) is 5. The molecule has 190 valence electrons. The van der Waals surface area contributed by atoms with E-state index in [0.29, 0.717) is 44.9 Å². The van der Waals surface area contributed by atoms with Gasteiger partial charge in [0.2, 0.25) is 11.8 Å². The number of carbonyl (C=O) groups excluding carboxylic acids is 4. The van der Waals surface area contributed by atoms with Gasteiger partial charge in [0.25, 0.3) is 5.91 Å². The zero-order valence-corrected chi connectivity index (χ0v) is 20.8. The number of nitrogens with zero attached hydrogens (tertiary/aromatic N) is 3. The average Bonchev–Trinajstić information content (AvgIpc) is 3.09. The molecule has 35 heavy (non-hydrogen) atoms. The second-order valence-corrected chi connectivity index (χ2v) is 9.97. The summed E-state index contributed by atoms with van der Waals surface area (Å²) in [6, 6.07) is 7.32. The highest BCUT2D eigenvalue weighted by molar-refractivity contribution is 6.09. The lowest BCUT2D eigenvalue weighted by Gasteiger charge is -2.35. The Morgan fingerprint density at radius 1 is 1.03 bits per heavy atom. The quantitative estimate of drug-likeness (QED) is 0.579. The number of hydrogen-bond donors (Lipinski definition) is 2. The maximum absolute atomic E-state index is 13.1. The fourth-order valence-electron chi connectivity index (χ4n) is 5.47. The second kappa shape index (κ2) is 10.8. The molecule has 1 aromatic carbocycles. The summed E-state index contributed by atoms with van der Waals surface area (Å²) in [5.41, 5.74) is 1.10. The number of anilines is 1. The van der Waals surface area contributed by atoms with E-state index in [1.54, 1.807) is 4.90 Å². The van der Waals surface area contributed by atoms with Gasteiger partial charge >= 0.3 is 6.03 Å². The molecular formula is C26H37N5O4. The molecule has 2 heterocycles. The molecule has 1 saturated carbocycles. The van der Waals surface area contributed by atoms with E-state index in [4.69, 9.17) is 0 Å². The number of benzene rings is 1. The van der Waals surface area contributed by atoms with E-state index in [9.17, 15) is 19.2 Å². The van der Waals surface area contributed by atoms with E-state index in [2.05, 4.69) is 24.5 Å². The van der Waals surface area contributed by atoms with E-state index in [1.807, 2.05) is 29.2 Å². The summed E-state index contributed by atoms with van der Waals surface area (Å²) in [6.45, 7) is 6.30. The number of para-hydroxylation sites is 1. The van der Waals surface area contributed by atoms with Crippen LogP contribution in [0.15, 0.2) is 24.3 Å². The van der Waals surface area contributed by atoms with Crippen LogP contribution in [0.1, 0.15) is 51.5 Å². The van der Waals surface area contributed by atoms with Crippen molar-refractivity contribution in [3.8, 4) is 0 Å². The number of urea groups is 1. The van der Waals surface area contributed by atoms with Gasteiger partial charge in [-0.3, -0.25) is 24.2 Å². The molecule has 2 saturated heterocycles. The van der Waals surface area contributed by atoms with Gasteiger partial charge in [-0.05, 0) is 49.7 Å². The molecule has 0 unspecified atom stereocenters. The van der Waals surface area contributed by atoms with E-state index in [0.717, 1.165) is 41.8 Å². The van der Waals surface area contributed by atoms with Crippen molar-refractivity contribution in [2.45, 2.75) is 57.9 Å². The van der Waals surface area contributed by atoms with Crippen LogP contribution in [0.2, 0.25) is 0 Å². The minimum atomic E-state index is -0.828. The van der Waals surface area contributed by atoms with Crippen LogP contribution in [0, 0.1) is 5.92 Å². The smallest absolute Gasteiger partial charge is 0.325 e. The van der Waals surface area contributed by atoms with Crippen LogP contribution in [0.25, 0.3) is 0 Å². The third-order valence-electron chi connectivity index (χ3n) is 7.84. The van der Waals surface area contributed by atoms with Gasteiger partial charge in [0, 0.05) is 31.9 Å². The molecule has 2 aliphatic heterocycles. The molecule has 4 rings (SSSR count). The van der Waals surface area contributed by atoms with E-state index in [-0.39, 0.29) is 30.8 Å². The molecule has 1 aromatic rings. The predicted molar refractivity (Wildman–Crippen MR) is 133 cm³/mol. The van der Waals surface area contributed by atoms with Crippen LogP contribution in [0.4, 0.5) is 10.5 Å². The molecule has 9 heteroatoms. The molecule has 9 nitrogen and oxygen atoms in total. The minimum absolute atomic E-state index is 0.0758. The second-order valence-electron chi connectivity index (χ2n) is 9.97. The zero-order chi connectivity index (χ0) is 25.0. The summed E-state index contributed by atoms with van der Waals surface area (Å²) in [5, 5.41) is 5.88. The van der Waals surface area contributed by atoms with Crippen molar-refractivity contribution in [3.05, 3.63) is 29.8 Å². The van der Waals surface area contributed by atoms with Crippen molar-refractivity contribution < 1.29 is 19.2 Å². The highest BCUT2D eigenvalue weighted by Gasteiger charge is 2.52. The number of imide groups is 1. The summed E-state index contributed by atoms with van der Waals surface area (Å²) < 4.78 is 0. The van der Waals surface area contributed by atoms with Gasteiger partial charge in [-0.15, -0.1) is 0 Å². The molecule has 0 atom stereocenters. The maximum Gasteiger partial charge on any atom is 0.325 e. The molecule has 0 bridgehead atoms. The van der Waals surface area contributed by atoms with Gasteiger partial charge in [-0.2, -0.15) is 0 Å². The Hall–Kier alpha value is -2.94. The van der Waals surface area contributed by atoms with Crippen LogP contribution in [0.5, 0.6) is 0 Å². The van der Waals surface area contributed by atoms with Crippen LogP contribution in [0.3, 0.4) is 0 Å². The van der Waals surface area contributed by atoms with Gasteiger partial charge in [0.1, 0.15) is 12.1 Å². The fraction of sp³-hybridized carbons (Fsp3) is 0.615. The molecule has 1 spiro atoms. The molecule has 2 N–H and O–H groups in total. The third kappa shape index (κ3) is 5.50. The van der Waals surface area contributed by atoms with Crippen LogP contribution in [-0.4, -0.2) is 83.3 Å². The van der Waals surface area contributed by atoms with E-state index in [1.165, 1.54) is 0 Å². The largest absolute Gasteiger partial charge is 0.339 e. The summed E-state index contributed by atoms with van der Waals surface area (Å²) in [7, 11) is 0. The lowest BCUT2D eigenvalue weighted by atomic mass is 9.75. The Morgan fingerprint density at radius 3 is 2.37 bits per heavy atom. The Morgan fingerprint density at radius 2 is 1.71 bits per heavy atom. The Labute approximate surface area is 207 Å². The summed E-state index contributed by atoms with van der Waals surface area (Å²) >= 11 is 0. The number of piperazine rings is 1.